The minimum Gasteiger partial charge on any atom is -0.357 e. The van der Waals surface area contributed by atoms with E-state index in [1.807, 2.05) is 44.2 Å². The van der Waals surface area contributed by atoms with E-state index >= 15 is 0 Å². The lowest BCUT2D eigenvalue weighted by Crippen LogP contribution is -2.52. The molecule has 31 heavy (non-hydrogen) atoms. The molecule has 2 aromatic rings. The molecule has 0 aliphatic heterocycles. The van der Waals surface area contributed by atoms with Crippen LogP contribution in [0, 0.1) is 6.92 Å². The van der Waals surface area contributed by atoms with Crippen molar-refractivity contribution in [1.82, 2.24) is 14.5 Å². The van der Waals surface area contributed by atoms with Crippen molar-refractivity contribution in [3.8, 4) is 0 Å². The SMILES string of the molecule is CCC(C(=O)NC)N(CCc1ccccc1)C(=O)CN(C)S(=O)(=O)c1ccc(C)cc1. The van der Waals surface area contributed by atoms with Gasteiger partial charge in [0, 0.05) is 20.6 Å². The number of nitrogens with one attached hydrogen (secondary N) is 1. The Morgan fingerprint density at radius 2 is 1.65 bits per heavy atom. The van der Waals surface area contributed by atoms with E-state index in [1.54, 1.807) is 12.1 Å². The van der Waals surface area contributed by atoms with E-state index in [2.05, 4.69) is 5.32 Å². The molecule has 0 bridgehead atoms. The predicted octanol–water partition coefficient (Wildman–Crippen LogP) is 2.21. The van der Waals surface area contributed by atoms with Gasteiger partial charge >= 0.3 is 0 Å². The van der Waals surface area contributed by atoms with Gasteiger partial charge in [0.15, 0.2) is 0 Å². The topological polar surface area (TPSA) is 86.8 Å². The molecule has 0 fully saturated rings. The summed E-state index contributed by atoms with van der Waals surface area (Å²) < 4.78 is 26.8. The van der Waals surface area contributed by atoms with E-state index in [0.29, 0.717) is 19.4 Å². The molecule has 0 heterocycles. The minimum absolute atomic E-state index is 0.127. The third kappa shape index (κ3) is 6.38. The van der Waals surface area contributed by atoms with Gasteiger partial charge in [0.05, 0.1) is 11.4 Å². The van der Waals surface area contributed by atoms with Crippen molar-refractivity contribution in [1.29, 1.82) is 0 Å². The van der Waals surface area contributed by atoms with Gasteiger partial charge in [-0.05, 0) is 37.5 Å². The Balaban J connectivity index is 2.22. The van der Waals surface area contributed by atoms with Crippen molar-refractivity contribution >= 4 is 21.8 Å². The number of hydrogen-bond donors (Lipinski definition) is 1. The molecule has 2 amide bonds. The van der Waals surface area contributed by atoms with Crippen molar-refractivity contribution in [3.63, 3.8) is 0 Å². The molecule has 1 unspecified atom stereocenters. The van der Waals surface area contributed by atoms with Crippen LogP contribution >= 0.6 is 0 Å². The zero-order chi connectivity index (χ0) is 23.0. The Kier molecular flexibility index (Phi) is 8.76. The Labute approximate surface area is 185 Å². The quantitative estimate of drug-likeness (QED) is 0.608. The average Bonchev–Trinajstić information content (AvgIpc) is 2.76. The lowest BCUT2D eigenvalue weighted by molar-refractivity contribution is -0.140. The van der Waals surface area contributed by atoms with Gasteiger partial charge in [-0.15, -0.1) is 0 Å². The molecular weight excluding hydrogens is 414 g/mol. The van der Waals surface area contributed by atoms with Crippen molar-refractivity contribution in [2.75, 3.05) is 27.2 Å². The third-order valence-electron chi connectivity index (χ3n) is 5.20. The standard InChI is InChI=1S/C23H31N3O4S/c1-5-21(23(28)24-3)26(16-15-19-9-7-6-8-10-19)22(27)17-25(4)31(29,30)20-13-11-18(2)12-14-20/h6-14,21H,5,15-17H2,1-4H3,(H,24,28). The summed E-state index contributed by atoms with van der Waals surface area (Å²) in [6, 6.07) is 15.5. The molecule has 0 aliphatic carbocycles. The lowest BCUT2D eigenvalue weighted by atomic mass is 10.1. The fourth-order valence-electron chi connectivity index (χ4n) is 3.32. The molecule has 2 rings (SSSR count). The molecule has 0 aliphatic rings. The number of likely N-dealkylation sites (N-methyl/N-ethyl adjacent to an activating group) is 2. The number of carbonyl (C=O) groups is 2. The van der Waals surface area contributed by atoms with E-state index in [0.717, 1.165) is 15.4 Å². The summed E-state index contributed by atoms with van der Waals surface area (Å²) in [7, 11) is -0.919. The van der Waals surface area contributed by atoms with Crippen LogP contribution in [0.15, 0.2) is 59.5 Å². The van der Waals surface area contributed by atoms with Gasteiger partial charge in [0.2, 0.25) is 21.8 Å². The number of nitrogens with zero attached hydrogens (tertiary/aromatic N) is 2. The molecule has 0 radical (unpaired) electrons. The molecule has 1 atom stereocenters. The molecule has 0 saturated carbocycles. The summed E-state index contributed by atoms with van der Waals surface area (Å²) >= 11 is 0. The van der Waals surface area contributed by atoms with Crippen LogP contribution in [0.5, 0.6) is 0 Å². The summed E-state index contributed by atoms with van der Waals surface area (Å²) in [5.74, 6) is -0.683. The number of sulfonamides is 1. The molecule has 168 valence electrons. The third-order valence-corrected chi connectivity index (χ3v) is 7.02. The van der Waals surface area contributed by atoms with Crippen molar-refractivity contribution in [2.45, 2.75) is 37.6 Å². The first-order valence-corrected chi connectivity index (χ1v) is 11.7. The predicted molar refractivity (Wildman–Crippen MR) is 121 cm³/mol. The normalized spacial score (nSPS) is 12.4. The van der Waals surface area contributed by atoms with Crippen LogP contribution < -0.4 is 5.32 Å². The van der Waals surface area contributed by atoms with E-state index < -0.39 is 22.0 Å². The highest BCUT2D eigenvalue weighted by Crippen LogP contribution is 2.16. The smallest absolute Gasteiger partial charge is 0.243 e. The summed E-state index contributed by atoms with van der Waals surface area (Å²) in [4.78, 5) is 27.2. The zero-order valence-electron chi connectivity index (χ0n) is 18.5. The highest BCUT2D eigenvalue weighted by atomic mass is 32.2. The van der Waals surface area contributed by atoms with Crippen LogP contribution in [0.25, 0.3) is 0 Å². The zero-order valence-corrected chi connectivity index (χ0v) is 19.4. The molecule has 0 spiro atoms. The Morgan fingerprint density at radius 3 is 2.19 bits per heavy atom. The number of aryl methyl sites for hydroxylation is 1. The first-order valence-electron chi connectivity index (χ1n) is 10.3. The van der Waals surface area contributed by atoms with Crippen molar-refractivity contribution in [3.05, 3.63) is 65.7 Å². The van der Waals surface area contributed by atoms with Crippen LogP contribution in [0.1, 0.15) is 24.5 Å². The fourth-order valence-corrected chi connectivity index (χ4v) is 4.44. The maximum atomic E-state index is 13.2. The number of rotatable bonds is 10. The molecule has 0 aromatic heterocycles. The molecule has 1 N–H and O–H groups in total. The monoisotopic (exact) mass is 445 g/mol. The number of carbonyl (C=O) groups excluding carboxylic acids is 2. The maximum absolute atomic E-state index is 13.2. The summed E-state index contributed by atoms with van der Waals surface area (Å²) in [6.45, 7) is 3.67. The number of amides is 2. The summed E-state index contributed by atoms with van der Waals surface area (Å²) in [6.07, 6.45) is 0.989. The molecular formula is C23H31N3O4S. The van der Waals surface area contributed by atoms with Gasteiger partial charge < -0.3 is 10.2 Å². The Bertz CT molecular complexity index is 976. The average molecular weight is 446 g/mol. The van der Waals surface area contributed by atoms with Crippen LogP contribution in [0.4, 0.5) is 0 Å². The van der Waals surface area contributed by atoms with Gasteiger partial charge in [-0.25, -0.2) is 8.42 Å². The second-order valence-electron chi connectivity index (χ2n) is 7.44. The molecule has 8 heteroatoms. The maximum Gasteiger partial charge on any atom is 0.243 e. The first-order chi connectivity index (χ1) is 14.7. The van der Waals surface area contributed by atoms with Gasteiger partial charge in [0.1, 0.15) is 6.04 Å². The largest absolute Gasteiger partial charge is 0.357 e. The van der Waals surface area contributed by atoms with Crippen LogP contribution in [-0.4, -0.2) is 62.7 Å². The molecule has 0 saturated heterocycles. The van der Waals surface area contributed by atoms with Gasteiger partial charge in [-0.3, -0.25) is 9.59 Å². The summed E-state index contributed by atoms with van der Waals surface area (Å²) in [5.41, 5.74) is 1.98. The first kappa shape index (κ1) is 24.6. The Hall–Kier alpha value is -2.71. The second kappa shape index (κ2) is 11.1. The van der Waals surface area contributed by atoms with Crippen LogP contribution in [0.2, 0.25) is 0 Å². The van der Waals surface area contributed by atoms with Crippen molar-refractivity contribution in [2.24, 2.45) is 0 Å². The van der Waals surface area contributed by atoms with E-state index in [-0.39, 0.29) is 17.3 Å². The second-order valence-corrected chi connectivity index (χ2v) is 9.48. The van der Waals surface area contributed by atoms with Crippen molar-refractivity contribution < 1.29 is 18.0 Å². The highest BCUT2D eigenvalue weighted by Gasteiger charge is 2.31. The van der Waals surface area contributed by atoms with E-state index in [4.69, 9.17) is 0 Å². The van der Waals surface area contributed by atoms with Gasteiger partial charge in [0.25, 0.3) is 0 Å². The molecule has 7 nitrogen and oxygen atoms in total. The lowest BCUT2D eigenvalue weighted by Gasteiger charge is -2.31. The van der Waals surface area contributed by atoms with Crippen LogP contribution in [0.3, 0.4) is 0 Å². The summed E-state index contributed by atoms with van der Waals surface area (Å²) in [5, 5.41) is 2.60. The van der Waals surface area contributed by atoms with E-state index in [1.165, 1.54) is 31.1 Å². The fraction of sp³-hybridized carbons (Fsp3) is 0.391. The molecule has 2 aromatic carbocycles. The highest BCUT2D eigenvalue weighted by molar-refractivity contribution is 7.89. The van der Waals surface area contributed by atoms with Crippen LogP contribution in [-0.2, 0) is 26.0 Å². The number of benzene rings is 2. The van der Waals surface area contributed by atoms with Gasteiger partial charge in [-0.1, -0.05) is 55.0 Å². The Morgan fingerprint density at radius 1 is 1.03 bits per heavy atom. The van der Waals surface area contributed by atoms with Gasteiger partial charge in [-0.2, -0.15) is 4.31 Å². The minimum atomic E-state index is -3.82. The van der Waals surface area contributed by atoms with E-state index in [9.17, 15) is 18.0 Å². The number of hydrogen-bond acceptors (Lipinski definition) is 4.